The highest BCUT2D eigenvalue weighted by atomic mass is 32.2. The largest absolute Gasteiger partial charge is 0.395 e. The summed E-state index contributed by atoms with van der Waals surface area (Å²) in [6.07, 6.45) is 0. The third-order valence-corrected chi connectivity index (χ3v) is 4.52. The molecule has 0 saturated carbocycles. The zero-order chi connectivity index (χ0) is 14.4. The minimum absolute atomic E-state index is 0.192. The zero-order valence-electron chi connectivity index (χ0n) is 11.9. The first-order chi connectivity index (χ1) is 9.69. The highest BCUT2D eigenvalue weighted by molar-refractivity contribution is 8.00. The van der Waals surface area contributed by atoms with Crippen molar-refractivity contribution in [1.29, 1.82) is 0 Å². The number of carbonyl (C=O) groups is 1. The van der Waals surface area contributed by atoms with Crippen LogP contribution in [0.25, 0.3) is 0 Å². The average Bonchev–Trinajstić information content (AvgIpc) is 2.47. The summed E-state index contributed by atoms with van der Waals surface area (Å²) in [5.41, 5.74) is 1.24. The Bertz CT molecular complexity index is 428. The van der Waals surface area contributed by atoms with Gasteiger partial charge in [-0.05, 0) is 19.1 Å². The van der Waals surface area contributed by atoms with Crippen LogP contribution in [0, 0.1) is 6.92 Å². The Morgan fingerprint density at radius 3 is 2.45 bits per heavy atom. The molecule has 0 radical (unpaired) electrons. The first-order valence-electron chi connectivity index (χ1n) is 6.99. The molecule has 1 aliphatic rings. The Morgan fingerprint density at radius 2 is 1.85 bits per heavy atom. The molecule has 1 aromatic carbocycles. The highest BCUT2D eigenvalue weighted by Crippen LogP contribution is 2.19. The Labute approximate surface area is 124 Å². The van der Waals surface area contributed by atoms with Gasteiger partial charge < -0.3 is 10.0 Å². The number of benzene rings is 1. The molecular formula is C15H22N2O2S. The monoisotopic (exact) mass is 294 g/mol. The van der Waals surface area contributed by atoms with E-state index in [0.717, 1.165) is 31.1 Å². The van der Waals surface area contributed by atoms with Crippen LogP contribution in [0.3, 0.4) is 0 Å². The molecule has 1 fully saturated rings. The van der Waals surface area contributed by atoms with Crippen LogP contribution in [-0.4, -0.2) is 65.9 Å². The number of β-amino-alcohol motifs (C(OH)–C–C–N with tert-alkyl or cyclic N) is 1. The summed E-state index contributed by atoms with van der Waals surface area (Å²) in [7, 11) is 0. The molecule has 20 heavy (non-hydrogen) atoms. The molecule has 1 aliphatic heterocycles. The minimum atomic E-state index is 0.192. The molecule has 0 aliphatic carbocycles. The minimum Gasteiger partial charge on any atom is -0.395 e. The molecule has 110 valence electrons. The van der Waals surface area contributed by atoms with Gasteiger partial charge in [-0.2, -0.15) is 0 Å². The van der Waals surface area contributed by atoms with Crippen molar-refractivity contribution in [2.24, 2.45) is 0 Å². The number of nitrogens with zero attached hydrogens (tertiary/aromatic N) is 2. The van der Waals surface area contributed by atoms with Crippen LogP contribution in [0.15, 0.2) is 29.2 Å². The maximum Gasteiger partial charge on any atom is 0.233 e. The molecule has 1 amide bonds. The zero-order valence-corrected chi connectivity index (χ0v) is 12.7. The van der Waals surface area contributed by atoms with Gasteiger partial charge in [0.15, 0.2) is 0 Å². The van der Waals surface area contributed by atoms with Crippen LogP contribution < -0.4 is 0 Å². The number of rotatable bonds is 5. The molecule has 4 nitrogen and oxygen atoms in total. The number of piperazine rings is 1. The van der Waals surface area contributed by atoms with Gasteiger partial charge in [-0.1, -0.05) is 17.7 Å². The van der Waals surface area contributed by atoms with E-state index in [9.17, 15) is 4.79 Å². The molecule has 0 aromatic heterocycles. The van der Waals surface area contributed by atoms with Crippen LogP contribution in [-0.2, 0) is 4.79 Å². The molecule has 1 saturated heterocycles. The number of aliphatic hydroxyl groups is 1. The Morgan fingerprint density at radius 1 is 1.20 bits per heavy atom. The number of carbonyl (C=O) groups excluding carboxylic acids is 1. The topological polar surface area (TPSA) is 43.8 Å². The Balaban J connectivity index is 1.74. The van der Waals surface area contributed by atoms with Gasteiger partial charge in [-0.3, -0.25) is 9.69 Å². The molecule has 1 heterocycles. The summed E-state index contributed by atoms with van der Waals surface area (Å²) in [5, 5.41) is 8.90. The quantitative estimate of drug-likeness (QED) is 0.830. The van der Waals surface area contributed by atoms with Crippen LogP contribution in [0.2, 0.25) is 0 Å². The van der Waals surface area contributed by atoms with Crippen LogP contribution >= 0.6 is 11.8 Å². The summed E-state index contributed by atoms with van der Waals surface area (Å²) >= 11 is 1.60. The van der Waals surface area contributed by atoms with Crippen molar-refractivity contribution in [3.8, 4) is 0 Å². The van der Waals surface area contributed by atoms with Crippen molar-refractivity contribution >= 4 is 17.7 Å². The summed E-state index contributed by atoms with van der Waals surface area (Å²) in [6, 6.07) is 8.26. The van der Waals surface area contributed by atoms with Gasteiger partial charge in [0.05, 0.1) is 12.4 Å². The van der Waals surface area contributed by atoms with Crippen molar-refractivity contribution in [2.45, 2.75) is 11.8 Å². The summed E-state index contributed by atoms with van der Waals surface area (Å²) in [6.45, 7) is 6.23. The van der Waals surface area contributed by atoms with E-state index < -0.39 is 0 Å². The lowest BCUT2D eigenvalue weighted by Crippen LogP contribution is -2.49. The number of thioether (sulfide) groups is 1. The summed E-state index contributed by atoms with van der Waals surface area (Å²) in [4.78, 5) is 17.4. The Kier molecular flexibility index (Phi) is 5.88. The number of aliphatic hydroxyl groups excluding tert-OH is 1. The fraction of sp³-hybridized carbons (Fsp3) is 0.533. The van der Waals surface area contributed by atoms with Gasteiger partial charge in [-0.25, -0.2) is 0 Å². The van der Waals surface area contributed by atoms with E-state index in [1.54, 1.807) is 11.8 Å². The Hall–Kier alpha value is -1.04. The van der Waals surface area contributed by atoms with Gasteiger partial charge in [0, 0.05) is 37.6 Å². The fourth-order valence-corrected chi connectivity index (χ4v) is 3.03. The summed E-state index contributed by atoms with van der Waals surface area (Å²) in [5.74, 6) is 0.711. The van der Waals surface area contributed by atoms with Crippen molar-refractivity contribution in [3.05, 3.63) is 29.8 Å². The first-order valence-corrected chi connectivity index (χ1v) is 7.98. The van der Waals surface area contributed by atoms with E-state index in [1.165, 1.54) is 5.56 Å². The number of hydrogen-bond acceptors (Lipinski definition) is 4. The lowest BCUT2D eigenvalue weighted by atomic mass is 10.2. The SMILES string of the molecule is Cc1ccc(SCC(=O)N2CCN(CCO)CC2)cc1. The van der Waals surface area contributed by atoms with Crippen molar-refractivity contribution in [3.63, 3.8) is 0 Å². The fourth-order valence-electron chi connectivity index (χ4n) is 2.23. The van der Waals surface area contributed by atoms with Crippen LogP contribution in [0.1, 0.15) is 5.56 Å². The molecule has 0 unspecified atom stereocenters. The molecule has 1 N–H and O–H groups in total. The van der Waals surface area contributed by atoms with Crippen molar-refractivity contribution in [1.82, 2.24) is 9.80 Å². The molecule has 0 spiro atoms. The maximum absolute atomic E-state index is 12.1. The second-order valence-electron chi connectivity index (χ2n) is 5.05. The molecule has 0 bridgehead atoms. The second kappa shape index (κ2) is 7.67. The maximum atomic E-state index is 12.1. The number of amides is 1. The van der Waals surface area contributed by atoms with Gasteiger partial charge in [0.1, 0.15) is 0 Å². The standard InChI is InChI=1S/C15H22N2O2S/c1-13-2-4-14(5-3-13)20-12-15(19)17-8-6-16(7-9-17)10-11-18/h2-5,18H,6-12H2,1H3. The third-order valence-electron chi connectivity index (χ3n) is 3.52. The molecule has 1 aromatic rings. The lowest BCUT2D eigenvalue weighted by Gasteiger charge is -2.34. The average molecular weight is 294 g/mol. The van der Waals surface area contributed by atoms with Gasteiger partial charge in [-0.15, -0.1) is 11.8 Å². The normalized spacial score (nSPS) is 16.4. The van der Waals surface area contributed by atoms with E-state index in [0.29, 0.717) is 12.3 Å². The number of aryl methyl sites for hydroxylation is 1. The third kappa shape index (κ3) is 4.51. The molecule has 0 atom stereocenters. The van der Waals surface area contributed by atoms with Crippen molar-refractivity contribution < 1.29 is 9.90 Å². The highest BCUT2D eigenvalue weighted by Gasteiger charge is 2.20. The van der Waals surface area contributed by atoms with E-state index in [2.05, 4.69) is 36.1 Å². The molecule has 5 heteroatoms. The number of hydrogen-bond donors (Lipinski definition) is 1. The molecular weight excluding hydrogens is 272 g/mol. The molecule has 2 rings (SSSR count). The van der Waals surface area contributed by atoms with E-state index >= 15 is 0 Å². The van der Waals surface area contributed by atoms with Crippen LogP contribution in [0.4, 0.5) is 0 Å². The van der Waals surface area contributed by atoms with Gasteiger partial charge >= 0.3 is 0 Å². The van der Waals surface area contributed by atoms with Crippen molar-refractivity contribution in [2.75, 3.05) is 45.1 Å². The van der Waals surface area contributed by atoms with E-state index in [4.69, 9.17) is 5.11 Å². The van der Waals surface area contributed by atoms with Crippen LogP contribution in [0.5, 0.6) is 0 Å². The predicted molar refractivity (Wildman–Crippen MR) is 82.0 cm³/mol. The first kappa shape index (κ1) is 15.4. The second-order valence-corrected chi connectivity index (χ2v) is 6.10. The van der Waals surface area contributed by atoms with E-state index in [1.807, 2.05) is 4.90 Å². The lowest BCUT2D eigenvalue weighted by molar-refractivity contribution is -0.130. The van der Waals surface area contributed by atoms with Gasteiger partial charge in [0.2, 0.25) is 5.91 Å². The van der Waals surface area contributed by atoms with E-state index in [-0.39, 0.29) is 12.5 Å². The predicted octanol–water partition coefficient (Wildman–Crippen LogP) is 1.22. The smallest absolute Gasteiger partial charge is 0.233 e. The van der Waals surface area contributed by atoms with Gasteiger partial charge in [0.25, 0.3) is 0 Å². The summed E-state index contributed by atoms with van der Waals surface area (Å²) < 4.78 is 0.